The average molecular weight is 350 g/mol. The lowest BCUT2D eigenvalue weighted by molar-refractivity contribution is -0.385. The number of esters is 1. The second-order valence-corrected chi connectivity index (χ2v) is 5.02. The molecule has 2 aromatic rings. The highest BCUT2D eigenvalue weighted by atomic mass is 19.1. The molecule has 0 unspecified atom stereocenters. The number of aryl methyl sites for hydroxylation is 1. The summed E-state index contributed by atoms with van der Waals surface area (Å²) in [6, 6.07) is 4.86. The van der Waals surface area contributed by atoms with Crippen molar-refractivity contribution < 1.29 is 28.0 Å². The molecule has 0 aromatic heterocycles. The van der Waals surface area contributed by atoms with Crippen molar-refractivity contribution in [3.05, 3.63) is 68.8 Å². The number of halogens is 2. The first-order valence-corrected chi connectivity index (χ1v) is 6.88. The molecule has 0 radical (unpaired) electrons. The summed E-state index contributed by atoms with van der Waals surface area (Å²) in [5, 5.41) is 13.0. The summed E-state index contributed by atoms with van der Waals surface area (Å²) in [5.41, 5.74) is -0.863. The Hall–Kier alpha value is -3.36. The van der Waals surface area contributed by atoms with Gasteiger partial charge in [0.2, 0.25) is 0 Å². The van der Waals surface area contributed by atoms with Crippen molar-refractivity contribution in [2.24, 2.45) is 0 Å². The number of nitrogens with zero attached hydrogens (tertiary/aromatic N) is 1. The molecular formula is C16H12F2N2O5. The number of nitrogens with one attached hydrogen (secondary N) is 1. The van der Waals surface area contributed by atoms with Crippen LogP contribution >= 0.6 is 0 Å². The predicted molar refractivity (Wildman–Crippen MR) is 83.5 cm³/mol. The highest BCUT2D eigenvalue weighted by molar-refractivity contribution is 6.05. The lowest BCUT2D eigenvalue weighted by Crippen LogP contribution is -2.15. The van der Waals surface area contributed by atoms with E-state index in [1.165, 1.54) is 19.1 Å². The molecule has 0 aliphatic heterocycles. The molecule has 130 valence electrons. The molecule has 1 amide bonds. The second kappa shape index (κ2) is 7.04. The Morgan fingerprint density at radius 3 is 2.40 bits per heavy atom. The Morgan fingerprint density at radius 2 is 1.84 bits per heavy atom. The van der Waals surface area contributed by atoms with Gasteiger partial charge in [0.15, 0.2) is 0 Å². The van der Waals surface area contributed by atoms with Crippen LogP contribution in [0.3, 0.4) is 0 Å². The molecule has 0 saturated carbocycles. The molecule has 9 heteroatoms. The van der Waals surface area contributed by atoms with E-state index in [4.69, 9.17) is 0 Å². The Morgan fingerprint density at radius 1 is 1.16 bits per heavy atom. The van der Waals surface area contributed by atoms with Crippen molar-refractivity contribution in [2.75, 3.05) is 12.4 Å². The molecule has 25 heavy (non-hydrogen) atoms. The van der Waals surface area contributed by atoms with Crippen LogP contribution in [-0.2, 0) is 4.74 Å². The first-order valence-electron chi connectivity index (χ1n) is 6.88. The van der Waals surface area contributed by atoms with Gasteiger partial charge in [-0.2, -0.15) is 0 Å². The van der Waals surface area contributed by atoms with E-state index in [1.54, 1.807) is 0 Å². The van der Waals surface area contributed by atoms with Crippen LogP contribution in [0.15, 0.2) is 30.3 Å². The van der Waals surface area contributed by atoms with Crippen LogP contribution in [0.1, 0.15) is 26.3 Å². The maximum Gasteiger partial charge on any atom is 0.340 e. The summed E-state index contributed by atoms with van der Waals surface area (Å²) in [6.07, 6.45) is 0. The van der Waals surface area contributed by atoms with Crippen molar-refractivity contribution in [2.45, 2.75) is 6.92 Å². The number of hydrogen-bond acceptors (Lipinski definition) is 5. The second-order valence-electron chi connectivity index (χ2n) is 5.02. The van der Waals surface area contributed by atoms with E-state index in [-0.39, 0.29) is 16.8 Å². The summed E-state index contributed by atoms with van der Waals surface area (Å²) in [7, 11) is 1.03. The Labute approximate surface area is 140 Å². The minimum absolute atomic E-state index is 0.0337. The van der Waals surface area contributed by atoms with Crippen molar-refractivity contribution >= 4 is 23.3 Å². The first kappa shape index (κ1) is 18.0. The number of anilines is 1. The van der Waals surface area contributed by atoms with Gasteiger partial charge in [0.25, 0.3) is 11.6 Å². The van der Waals surface area contributed by atoms with Crippen molar-refractivity contribution in [1.82, 2.24) is 0 Å². The van der Waals surface area contributed by atoms with Crippen molar-refractivity contribution in [3.63, 3.8) is 0 Å². The van der Waals surface area contributed by atoms with Crippen LogP contribution in [0.25, 0.3) is 0 Å². The topological polar surface area (TPSA) is 98.5 Å². The summed E-state index contributed by atoms with van der Waals surface area (Å²) in [6.45, 7) is 1.45. The molecule has 0 aliphatic rings. The molecule has 7 nitrogen and oxygen atoms in total. The minimum Gasteiger partial charge on any atom is -0.465 e. The number of carbonyl (C=O) groups excluding carboxylic acids is 2. The molecule has 0 atom stereocenters. The van der Waals surface area contributed by atoms with Crippen molar-refractivity contribution in [1.29, 1.82) is 0 Å². The number of methoxy groups -OCH3 is 1. The number of amides is 1. The molecule has 2 aromatic carbocycles. The molecule has 2 rings (SSSR count). The van der Waals surface area contributed by atoms with Crippen LogP contribution in [0, 0.1) is 28.7 Å². The van der Waals surface area contributed by atoms with E-state index in [1.807, 2.05) is 0 Å². The van der Waals surface area contributed by atoms with Crippen LogP contribution in [0.2, 0.25) is 0 Å². The molecular weight excluding hydrogens is 338 g/mol. The van der Waals surface area contributed by atoms with Gasteiger partial charge in [-0.25, -0.2) is 13.6 Å². The van der Waals surface area contributed by atoms with E-state index in [9.17, 15) is 28.5 Å². The fourth-order valence-corrected chi connectivity index (χ4v) is 2.11. The van der Waals surface area contributed by atoms with Gasteiger partial charge in [0.05, 0.1) is 23.3 Å². The number of rotatable bonds is 4. The highest BCUT2D eigenvalue weighted by Crippen LogP contribution is 2.23. The van der Waals surface area contributed by atoms with Crippen LogP contribution in [-0.4, -0.2) is 23.9 Å². The summed E-state index contributed by atoms with van der Waals surface area (Å²) in [4.78, 5) is 33.8. The Balaban J connectivity index is 2.33. The van der Waals surface area contributed by atoms with Gasteiger partial charge in [-0.3, -0.25) is 14.9 Å². The lowest BCUT2D eigenvalue weighted by atomic mass is 10.1. The number of nitro groups is 1. The van der Waals surface area contributed by atoms with E-state index >= 15 is 0 Å². The third-order valence-electron chi connectivity index (χ3n) is 3.37. The zero-order valence-corrected chi connectivity index (χ0v) is 13.1. The number of nitro benzene ring substituents is 1. The molecule has 0 aliphatic carbocycles. The predicted octanol–water partition coefficient (Wildman–Crippen LogP) is 3.22. The molecule has 0 saturated heterocycles. The molecule has 0 fully saturated rings. The van der Waals surface area contributed by atoms with Crippen LogP contribution < -0.4 is 5.32 Å². The van der Waals surface area contributed by atoms with Gasteiger partial charge >= 0.3 is 5.97 Å². The smallest absolute Gasteiger partial charge is 0.340 e. The third kappa shape index (κ3) is 3.77. The summed E-state index contributed by atoms with van der Waals surface area (Å²) >= 11 is 0. The number of hydrogen-bond donors (Lipinski definition) is 1. The average Bonchev–Trinajstić information content (AvgIpc) is 2.56. The summed E-state index contributed by atoms with van der Waals surface area (Å²) < 4.78 is 31.8. The van der Waals surface area contributed by atoms with E-state index in [0.717, 1.165) is 19.2 Å². The molecule has 0 bridgehead atoms. The maximum atomic E-state index is 13.8. The van der Waals surface area contributed by atoms with E-state index in [2.05, 4.69) is 10.1 Å². The largest absolute Gasteiger partial charge is 0.465 e. The standard InChI is InChI=1S/C16H12F2N2O5/c1-8-5-9(3-4-14(8)20(23)24)15(21)19-13-6-10(16(22)25-2)11(17)7-12(13)18/h3-7H,1-2H3,(H,19,21). The highest BCUT2D eigenvalue weighted by Gasteiger charge is 2.19. The zero-order chi connectivity index (χ0) is 18.7. The Kier molecular flexibility index (Phi) is 5.06. The fraction of sp³-hybridized carbons (Fsp3) is 0.125. The van der Waals surface area contributed by atoms with Crippen LogP contribution in [0.4, 0.5) is 20.2 Å². The van der Waals surface area contributed by atoms with E-state index < -0.39 is 39.7 Å². The normalized spacial score (nSPS) is 10.2. The molecule has 0 heterocycles. The van der Waals surface area contributed by atoms with Gasteiger partial charge in [-0.05, 0) is 25.1 Å². The van der Waals surface area contributed by atoms with Crippen LogP contribution in [0.5, 0.6) is 0 Å². The Bertz CT molecular complexity index is 883. The monoisotopic (exact) mass is 350 g/mol. The lowest BCUT2D eigenvalue weighted by Gasteiger charge is -2.09. The number of carbonyl (C=O) groups is 2. The third-order valence-corrected chi connectivity index (χ3v) is 3.37. The van der Waals surface area contributed by atoms with Gasteiger partial charge < -0.3 is 10.1 Å². The SMILES string of the molecule is COC(=O)c1cc(NC(=O)c2ccc([N+](=O)[O-])c(C)c2)c(F)cc1F. The number of benzene rings is 2. The van der Waals surface area contributed by atoms with Gasteiger partial charge in [0.1, 0.15) is 11.6 Å². The molecule has 1 N–H and O–H groups in total. The quantitative estimate of drug-likeness (QED) is 0.519. The number of ether oxygens (including phenoxy) is 1. The van der Waals surface area contributed by atoms with Gasteiger partial charge in [0, 0.05) is 23.3 Å². The fourth-order valence-electron chi connectivity index (χ4n) is 2.11. The maximum absolute atomic E-state index is 13.8. The summed E-state index contributed by atoms with van der Waals surface area (Å²) in [5.74, 6) is -4.02. The minimum atomic E-state index is -1.13. The van der Waals surface area contributed by atoms with Gasteiger partial charge in [-0.15, -0.1) is 0 Å². The molecule has 0 spiro atoms. The van der Waals surface area contributed by atoms with Gasteiger partial charge in [-0.1, -0.05) is 0 Å². The zero-order valence-electron chi connectivity index (χ0n) is 13.1. The van der Waals surface area contributed by atoms with Crippen molar-refractivity contribution in [3.8, 4) is 0 Å². The van der Waals surface area contributed by atoms with E-state index in [0.29, 0.717) is 6.07 Å². The first-order chi connectivity index (χ1) is 11.7.